The van der Waals surface area contributed by atoms with Crippen molar-refractivity contribution in [3.63, 3.8) is 0 Å². The van der Waals surface area contributed by atoms with Crippen LogP contribution >= 0.6 is 0 Å². The predicted octanol–water partition coefficient (Wildman–Crippen LogP) is 2.54. The standard InChI is InChI=1S/C17H23N3/c1-3-20-9-11(18)7-14-12-5-4-6-15-17(12)13(8-16(14)20)10(2)19-15/h4-6,11,14,16,19H,3,7-9,18H2,1-2H3/t11-,14?,16+/m0/s1. The SMILES string of the molecule is CCN1C[C@@H](N)CC2c3cccc4[nH]c(C)c(c34)C[C@H]21. The number of fused-ring (bicyclic) bond motifs is 2. The largest absolute Gasteiger partial charge is 0.358 e. The highest BCUT2D eigenvalue weighted by Gasteiger charge is 2.39. The number of benzene rings is 1. The highest BCUT2D eigenvalue weighted by atomic mass is 15.2. The first-order chi connectivity index (χ1) is 9.69. The quantitative estimate of drug-likeness (QED) is 0.835. The first kappa shape index (κ1) is 12.4. The third kappa shape index (κ3) is 1.60. The second kappa shape index (κ2) is 4.34. The van der Waals surface area contributed by atoms with Crippen molar-refractivity contribution < 1.29 is 0 Å². The monoisotopic (exact) mass is 269 g/mol. The Morgan fingerprint density at radius 2 is 2.25 bits per heavy atom. The average Bonchev–Trinajstić information content (AvgIpc) is 2.77. The smallest absolute Gasteiger partial charge is 0.0461 e. The van der Waals surface area contributed by atoms with Gasteiger partial charge in [-0.05, 0) is 43.5 Å². The lowest BCUT2D eigenvalue weighted by molar-refractivity contribution is 0.116. The van der Waals surface area contributed by atoms with E-state index in [9.17, 15) is 0 Å². The molecule has 1 unspecified atom stereocenters. The van der Waals surface area contributed by atoms with E-state index in [0.29, 0.717) is 18.0 Å². The number of hydrogen-bond donors (Lipinski definition) is 2. The van der Waals surface area contributed by atoms with Gasteiger partial charge < -0.3 is 10.7 Å². The Kier molecular flexibility index (Phi) is 2.69. The van der Waals surface area contributed by atoms with Crippen molar-refractivity contribution in [2.24, 2.45) is 5.73 Å². The molecule has 3 nitrogen and oxygen atoms in total. The average molecular weight is 269 g/mol. The van der Waals surface area contributed by atoms with Crippen molar-refractivity contribution in [1.82, 2.24) is 9.88 Å². The second-order valence-corrected chi connectivity index (χ2v) is 6.46. The van der Waals surface area contributed by atoms with Crippen LogP contribution in [0.5, 0.6) is 0 Å². The molecule has 2 heterocycles. The molecule has 0 amide bonds. The molecule has 0 spiro atoms. The lowest BCUT2D eigenvalue weighted by Crippen LogP contribution is -2.53. The summed E-state index contributed by atoms with van der Waals surface area (Å²) in [7, 11) is 0. The van der Waals surface area contributed by atoms with Crippen LogP contribution in [0.4, 0.5) is 0 Å². The predicted molar refractivity (Wildman–Crippen MR) is 83.1 cm³/mol. The number of aromatic nitrogens is 1. The fraction of sp³-hybridized carbons (Fsp3) is 0.529. The molecule has 106 valence electrons. The van der Waals surface area contributed by atoms with Crippen LogP contribution in [0.25, 0.3) is 10.9 Å². The molecular formula is C17H23N3. The van der Waals surface area contributed by atoms with E-state index in [1.165, 1.54) is 34.1 Å². The summed E-state index contributed by atoms with van der Waals surface area (Å²) in [5.41, 5.74) is 12.0. The fourth-order valence-electron chi connectivity index (χ4n) is 4.47. The van der Waals surface area contributed by atoms with Crippen LogP contribution in [-0.4, -0.2) is 35.1 Å². The van der Waals surface area contributed by atoms with Crippen molar-refractivity contribution in [3.8, 4) is 0 Å². The Bertz CT molecular complexity index is 658. The van der Waals surface area contributed by atoms with Crippen molar-refractivity contribution in [2.45, 2.75) is 44.7 Å². The maximum Gasteiger partial charge on any atom is 0.0461 e. The Hall–Kier alpha value is -1.32. The van der Waals surface area contributed by atoms with Crippen LogP contribution in [0, 0.1) is 6.92 Å². The first-order valence-corrected chi connectivity index (χ1v) is 7.78. The van der Waals surface area contributed by atoms with Gasteiger partial charge in [-0.3, -0.25) is 4.90 Å². The van der Waals surface area contributed by atoms with E-state index in [4.69, 9.17) is 5.73 Å². The summed E-state index contributed by atoms with van der Waals surface area (Å²) in [6.07, 6.45) is 2.30. The van der Waals surface area contributed by atoms with E-state index >= 15 is 0 Å². The fourth-order valence-corrected chi connectivity index (χ4v) is 4.47. The van der Waals surface area contributed by atoms with Gasteiger partial charge in [0.1, 0.15) is 0 Å². The van der Waals surface area contributed by atoms with Crippen LogP contribution in [0.15, 0.2) is 18.2 Å². The number of hydrogen-bond acceptors (Lipinski definition) is 2. The summed E-state index contributed by atoms with van der Waals surface area (Å²) in [5.74, 6) is 0.602. The van der Waals surface area contributed by atoms with Gasteiger partial charge in [-0.15, -0.1) is 0 Å². The molecule has 1 aliphatic carbocycles. The minimum Gasteiger partial charge on any atom is -0.358 e. The van der Waals surface area contributed by atoms with E-state index in [1.807, 2.05) is 0 Å². The third-order valence-corrected chi connectivity index (χ3v) is 5.35. The van der Waals surface area contributed by atoms with Crippen LogP contribution < -0.4 is 5.73 Å². The molecule has 3 heteroatoms. The van der Waals surface area contributed by atoms with Crippen LogP contribution in [0.3, 0.4) is 0 Å². The number of nitrogens with one attached hydrogen (secondary N) is 1. The number of piperidine rings is 1. The molecule has 4 rings (SSSR count). The molecule has 0 saturated carbocycles. The Morgan fingerprint density at radius 3 is 3.05 bits per heavy atom. The number of aryl methyl sites for hydroxylation is 1. The number of aromatic amines is 1. The summed E-state index contributed by atoms with van der Waals surface area (Å²) in [6, 6.07) is 7.66. The van der Waals surface area contributed by atoms with Gasteiger partial charge in [0.25, 0.3) is 0 Å². The zero-order valence-electron chi connectivity index (χ0n) is 12.3. The number of nitrogens with zero attached hydrogens (tertiary/aromatic N) is 1. The lowest BCUT2D eigenvalue weighted by atomic mass is 9.73. The molecule has 3 N–H and O–H groups in total. The highest BCUT2D eigenvalue weighted by molar-refractivity contribution is 5.89. The zero-order valence-corrected chi connectivity index (χ0v) is 12.3. The van der Waals surface area contributed by atoms with Gasteiger partial charge in [-0.2, -0.15) is 0 Å². The molecule has 2 aromatic rings. The minimum absolute atomic E-state index is 0.313. The van der Waals surface area contributed by atoms with Crippen molar-refractivity contribution >= 4 is 10.9 Å². The van der Waals surface area contributed by atoms with E-state index in [0.717, 1.165) is 19.5 Å². The lowest BCUT2D eigenvalue weighted by Gasteiger charge is -2.46. The molecule has 1 fully saturated rings. The maximum atomic E-state index is 6.31. The van der Waals surface area contributed by atoms with Crippen molar-refractivity contribution in [2.75, 3.05) is 13.1 Å². The molecule has 20 heavy (non-hydrogen) atoms. The summed E-state index contributed by atoms with van der Waals surface area (Å²) >= 11 is 0. The van der Waals surface area contributed by atoms with Crippen LogP contribution in [-0.2, 0) is 6.42 Å². The van der Waals surface area contributed by atoms with E-state index in [-0.39, 0.29) is 0 Å². The second-order valence-electron chi connectivity index (χ2n) is 6.46. The Labute approximate surface area is 120 Å². The number of rotatable bonds is 1. The highest BCUT2D eigenvalue weighted by Crippen LogP contribution is 2.43. The van der Waals surface area contributed by atoms with E-state index in [1.54, 1.807) is 0 Å². The molecule has 3 atom stereocenters. The van der Waals surface area contributed by atoms with Crippen LogP contribution in [0.1, 0.15) is 36.1 Å². The zero-order chi connectivity index (χ0) is 13.9. The number of likely N-dealkylation sites (N-methyl/N-ethyl adjacent to an activating group) is 1. The molecule has 0 bridgehead atoms. The van der Waals surface area contributed by atoms with Gasteiger partial charge in [0.2, 0.25) is 0 Å². The first-order valence-electron chi connectivity index (χ1n) is 7.78. The topological polar surface area (TPSA) is 45.0 Å². The van der Waals surface area contributed by atoms with Crippen LogP contribution in [0.2, 0.25) is 0 Å². The molecular weight excluding hydrogens is 246 g/mol. The summed E-state index contributed by atoms with van der Waals surface area (Å²) in [4.78, 5) is 6.15. The van der Waals surface area contributed by atoms with Gasteiger partial charge in [0.15, 0.2) is 0 Å². The number of H-pyrrole nitrogens is 1. The minimum atomic E-state index is 0.313. The van der Waals surface area contributed by atoms with E-state index in [2.05, 4.69) is 41.9 Å². The molecule has 1 saturated heterocycles. The van der Waals surface area contributed by atoms with Gasteiger partial charge in [-0.25, -0.2) is 0 Å². The van der Waals surface area contributed by atoms with Gasteiger partial charge >= 0.3 is 0 Å². The normalized spacial score (nSPS) is 29.6. The van der Waals surface area contributed by atoms with Gasteiger partial charge in [-0.1, -0.05) is 19.1 Å². The van der Waals surface area contributed by atoms with Crippen molar-refractivity contribution in [3.05, 3.63) is 35.0 Å². The number of nitrogens with two attached hydrogens (primary N) is 1. The van der Waals surface area contributed by atoms with Gasteiger partial charge in [0.05, 0.1) is 0 Å². The van der Waals surface area contributed by atoms with E-state index < -0.39 is 0 Å². The molecule has 1 aromatic heterocycles. The molecule has 1 aliphatic heterocycles. The molecule has 1 aromatic carbocycles. The van der Waals surface area contributed by atoms with Gasteiger partial charge in [0, 0.05) is 41.1 Å². The molecule has 0 radical (unpaired) electrons. The Balaban J connectivity index is 1.91. The Morgan fingerprint density at radius 1 is 1.40 bits per heavy atom. The summed E-state index contributed by atoms with van der Waals surface area (Å²) < 4.78 is 0. The summed E-state index contributed by atoms with van der Waals surface area (Å²) in [5, 5.41) is 1.48. The van der Waals surface area contributed by atoms with Crippen molar-refractivity contribution in [1.29, 1.82) is 0 Å². The molecule has 2 aliphatic rings. The third-order valence-electron chi connectivity index (χ3n) is 5.35. The number of likely N-dealkylation sites (tertiary alicyclic amines) is 1. The summed E-state index contributed by atoms with van der Waals surface area (Å²) in [6.45, 7) is 6.62. The maximum absolute atomic E-state index is 6.31.